The number of likely N-dealkylation sites (tertiary alicyclic amines) is 1. The minimum atomic E-state index is -0.425. The minimum Gasteiger partial charge on any atom is -0.472 e. The maximum atomic E-state index is 13.2. The Morgan fingerprint density at radius 2 is 2.03 bits per heavy atom. The number of carbonyl (C=O) groups excluding carboxylic acids is 2. The number of nitrogens with one attached hydrogen (secondary N) is 1. The van der Waals surface area contributed by atoms with Gasteiger partial charge in [-0.1, -0.05) is 25.5 Å². The molecule has 29 heavy (non-hydrogen) atoms. The molecular formula is C23H27N3O3. The van der Waals surface area contributed by atoms with Gasteiger partial charge >= 0.3 is 0 Å². The minimum absolute atomic E-state index is 0.0105. The Labute approximate surface area is 171 Å². The van der Waals surface area contributed by atoms with Crippen LogP contribution >= 0.6 is 0 Å². The number of furan rings is 1. The lowest BCUT2D eigenvalue weighted by Gasteiger charge is -2.52. The number of fused-ring (bicyclic) bond motifs is 1. The molecule has 3 heterocycles. The molecule has 1 N–H and O–H groups in total. The second-order valence-corrected chi connectivity index (χ2v) is 7.73. The third kappa shape index (κ3) is 3.79. The maximum absolute atomic E-state index is 13.2. The molecule has 152 valence electrons. The molecule has 6 nitrogen and oxygen atoms in total. The molecule has 0 atom stereocenters. The number of anilines is 1. The number of amides is 2. The van der Waals surface area contributed by atoms with Crippen molar-refractivity contribution in [3.63, 3.8) is 0 Å². The molecule has 1 saturated heterocycles. The molecule has 1 aromatic heterocycles. The number of piperidine rings is 1. The van der Waals surface area contributed by atoms with Crippen molar-refractivity contribution in [2.45, 2.75) is 38.3 Å². The van der Waals surface area contributed by atoms with Crippen LogP contribution in [0, 0.1) is 0 Å². The van der Waals surface area contributed by atoms with Gasteiger partial charge in [-0.15, -0.1) is 0 Å². The van der Waals surface area contributed by atoms with Crippen LogP contribution in [0.2, 0.25) is 0 Å². The molecule has 2 aliphatic heterocycles. The van der Waals surface area contributed by atoms with Gasteiger partial charge in [-0.3, -0.25) is 9.59 Å². The lowest BCUT2D eigenvalue weighted by Crippen LogP contribution is -2.64. The summed E-state index contributed by atoms with van der Waals surface area (Å²) in [6.45, 7) is 4.08. The monoisotopic (exact) mass is 393 g/mol. The number of carbonyl (C=O) groups is 2. The van der Waals surface area contributed by atoms with Gasteiger partial charge in [0.2, 0.25) is 5.91 Å². The van der Waals surface area contributed by atoms with Gasteiger partial charge in [0.15, 0.2) is 0 Å². The van der Waals surface area contributed by atoms with Gasteiger partial charge in [-0.05, 0) is 30.7 Å². The first-order valence-corrected chi connectivity index (χ1v) is 10.3. The summed E-state index contributed by atoms with van der Waals surface area (Å²) in [4.78, 5) is 29.7. The number of unbranched alkanes of at least 4 members (excludes halogenated alkanes) is 1. The highest BCUT2D eigenvalue weighted by atomic mass is 16.3. The van der Waals surface area contributed by atoms with E-state index in [1.807, 2.05) is 40.1 Å². The van der Waals surface area contributed by atoms with Crippen LogP contribution in [0.3, 0.4) is 0 Å². The fourth-order valence-corrected chi connectivity index (χ4v) is 4.20. The van der Waals surface area contributed by atoms with Gasteiger partial charge in [0.1, 0.15) is 5.66 Å². The van der Waals surface area contributed by atoms with E-state index >= 15 is 0 Å². The van der Waals surface area contributed by atoms with Crippen LogP contribution in [0.15, 0.2) is 53.4 Å². The molecule has 1 fully saturated rings. The zero-order valence-corrected chi connectivity index (χ0v) is 16.8. The molecule has 0 unspecified atom stereocenters. The Kier molecular flexibility index (Phi) is 5.43. The highest BCUT2D eigenvalue weighted by Crippen LogP contribution is 2.38. The highest BCUT2D eigenvalue weighted by Gasteiger charge is 2.46. The molecule has 0 saturated carbocycles. The van der Waals surface area contributed by atoms with Crippen LogP contribution < -0.4 is 5.32 Å². The van der Waals surface area contributed by atoms with Crippen LogP contribution in [-0.4, -0.2) is 46.9 Å². The molecule has 4 rings (SSSR count). The summed E-state index contributed by atoms with van der Waals surface area (Å²) in [5.74, 6) is 0.0797. The third-order valence-corrected chi connectivity index (χ3v) is 5.89. The summed E-state index contributed by atoms with van der Waals surface area (Å²) in [5.41, 5.74) is 2.07. The molecule has 0 radical (unpaired) electrons. The average molecular weight is 393 g/mol. The van der Waals surface area contributed by atoms with Gasteiger partial charge in [0, 0.05) is 49.8 Å². The van der Waals surface area contributed by atoms with Crippen molar-refractivity contribution in [3.05, 3.63) is 60.1 Å². The molecule has 0 bridgehead atoms. The number of hydrogen-bond donors (Lipinski definition) is 1. The van der Waals surface area contributed by atoms with Crippen LogP contribution in [0.1, 0.15) is 48.5 Å². The van der Waals surface area contributed by atoms with E-state index < -0.39 is 5.66 Å². The van der Waals surface area contributed by atoms with E-state index in [1.165, 1.54) is 0 Å². The molecule has 2 amide bonds. The molecule has 2 aliphatic rings. The van der Waals surface area contributed by atoms with Gasteiger partial charge in [-0.2, -0.15) is 0 Å². The third-order valence-electron chi connectivity index (χ3n) is 5.89. The number of para-hydroxylation sites is 1. The summed E-state index contributed by atoms with van der Waals surface area (Å²) in [5, 5.41) is 3.65. The van der Waals surface area contributed by atoms with Crippen molar-refractivity contribution in [1.29, 1.82) is 0 Å². The average Bonchev–Trinajstić information content (AvgIpc) is 3.26. The highest BCUT2D eigenvalue weighted by molar-refractivity contribution is 6.02. The summed E-state index contributed by atoms with van der Waals surface area (Å²) in [6, 6.07) is 9.53. The zero-order valence-electron chi connectivity index (χ0n) is 16.8. The Bertz CT molecular complexity index is 896. The van der Waals surface area contributed by atoms with E-state index in [2.05, 4.69) is 12.2 Å². The number of nitrogens with zero attached hydrogens (tertiary/aromatic N) is 2. The lowest BCUT2D eigenvalue weighted by molar-refractivity contribution is -0.128. The lowest BCUT2D eigenvalue weighted by atomic mass is 9.89. The second-order valence-electron chi connectivity index (χ2n) is 7.73. The molecule has 1 spiro atoms. The summed E-state index contributed by atoms with van der Waals surface area (Å²) >= 11 is 0. The largest absolute Gasteiger partial charge is 0.472 e. The van der Waals surface area contributed by atoms with E-state index in [1.54, 1.807) is 24.7 Å². The molecule has 0 aliphatic carbocycles. The quantitative estimate of drug-likeness (QED) is 0.781. The van der Waals surface area contributed by atoms with Gasteiger partial charge in [-0.25, -0.2) is 0 Å². The van der Waals surface area contributed by atoms with E-state index in [0.717, 1.165) is 36.2 Å². The van der Waals surface area contributed by atoms with Crippen molar-refractivity contribution in [2.75, 3.05) is 25.0 Å². The van der Waals surface area contributed by atoms with E-state index in [4.69, 9.17) is 4.42 Å². The smallest absolute Gasteiger partial charge is 0.257 e. The molecule has 2 aromatic rings. The number of rotatable bonds is 5. The van der Waals surface area contributed by atoms with E-state index in [-0.39, 0.29) is 11.8 Å². The molecular weight excluding hydrogens is 366 g/mol. The molecule has 1 aromatic carbocycles. The first-order valence-electron chi connectivity index (χ1n) is 10.3. The Morgan fingerprint density at radius 3 is 2.76 bits per heavy atom. The first-order chi connectivity index (χ1) is 14.1. The fourth-order valence-electron chi connectivity index (χ4n) is 4.20. The van der Waals surface area contributed by atoms with Gasteiger partial charge in [0.05, 0.1) is 18.1 Å². The number of benzene rings is 1. The van der Waals surface area contributed by atoms with Crippen LogP contribution in [-0.2, 0) is 4.79 Å². The Hall–Kier alpha value is -3.02. The summed E-state index contributed by atoms with van der Waals surface area (Å²) in [7, 11) is 0. The summed E-state index contributed by atoms with van der Waals surface area (Å²) < 4.78 is 5.03. The Balaban J connectivity index is 1.50. The van der Waals surface area contributed by atoms with Crippen LogP contribution in [0.25, 0.3) is 6.08 Å². The topological polar surface area (TPSA) is 65.8 Å². The van der Waals surface area contributed by atoms with Gasteiger partial charge < -0.3 is 19.5 Å². The summed E-state index contributed by atoms with van der Waals surface area (Å²) in [6.07, 6.45) is 9.97. The van der Waals surface area contributed by atoms with Crippen molar-refractivity contribution in [3.8, 4) is 0 Å². The molecule has 6 heteroatoms. The van der Waals surface area contributed by atoms with E-state index in [0.29, 0.717) is 25.9 Å². The number of hydrogen-bond acceptors (Lipinski definition) is 4. The second kappa shape index (κ2) is 8.15. The fraction of sp³-hybridized carbons (Fsp3) is 0.391. The first kappa shape index (κ1) is 19.3. The predicted molar refractivity (Wildman–Crippen MR) is 112 cm³/mol. The van der Waals surface area contributed by atoms with Gasteiger partial charge in [0.25, 0.3) is 5.91 Å². The normalized spacial score (nSPS) is 18.2. The van der Waals surface area contributed by atoms with Crippen molar-refractivity contribution >= 4 is 23.6 Å². The SMILES string of the molecule is CCCCN1C(=O)c2ccccc2NC12CCN(C(=O)/C=C/c1ccoc1)CC2. The predicted octanol–water partition coefficient (Wildman–Crippen LogP) is 3.98. The van der Waals surface area contributed by atoms with Crippen molar-refractivity contribution in [1.82, 2.24) is 9.80 Å². The van der Waals surface area contributed by atoms with Crippen LogP contribution in [0.5, 0.6) is 0 Å². The van der Waals surface area contributed by atoms with Crippen molar-refractivity contribution < 1.29 is 14.0 Å². The van der Waals surface area contributed by atoms with E-state index in [9.17, 15) is 9.59 Å². The zero-order chi connectivity index (χ0) is 20.3. The maximum Gasteiger partial charge on any atom is 0.257 e. The Morgan fingerprint density at radius 1 is 1.24 bits per heavy atom. The van der Waals surface area contributed by atoms with Crippen molar-refractivity contribution in [2.24, 2.45) is 0 Å². The van der Waals surface area contributed by atoms with Crippen LogP contribution in [0.4, 0.5) is 5.69 Å². The standard InChI is InChI=1S/C23H27N3O3/c1-2-3-13-26-22(28)19-6-4-5-7-20(19)24-23(26)11-14-25(15-12-23)21(27)9-8-18-10-16-29-17-18/h4-10,16-17,24H,2-3,11-15H2,1H3/b9-8+.